The topological polar surface area (TPSA) is 42.7 Å². The zero-order valence-corrected chi connectivity index (χ0v) is 12.2. The zero-order chi connectivity index (χ0) is 14.7. The van der Waals surface area contributed by atoms with Gasteiger partial charge in [0.05, 0.1) is 25.0 Å². The van der Waals surface area contributed by atoms with E-state index in [0.717, 1.165) is 11.3 Å². The molecule has 2 rings (SSSR count). The van der Waals surface area contributed by atoms with E-state index in [0.29, 0.717) is 11.3 Å². The Kier molecular flexibility index (Phi) is 4.13. The number of ether oxygens (including phenoxy) is 1. The largest absolute Gasteiger partial charge is 0.497 e. The standard InChI is InChI=1S/C16H19NO3/c1-11(13-5-7-14(19-4)8-6-13)17(3)16(18)15-9-10-20-12(15)2/h5-11H,1-4H3. The Morgan fingerprint density at radius 1 is 1.25 bits per heavy atom. The van der Waals surface area contributed by atoms with Crippen molar-refractivity contribution in [3.05, 3.63) is 53.5 Å². The van der Waals surface area contributed by atoms with Crippen molar-refractivity contribution in [1.29, 1.82) is 0 Å². The van der Waals surface area contributed by atoms with Gasteiger partial charge < -0.3 is 14.1 Å². The number of carbonyl (C=O) groups is 1. The van der Waals surface area contributed by atoms with E-state index in [4.69, 9.17) is 9.15 Å². The van der Waals surface area contributed by atoms with Crippen LogP contribution < -0.4 is 4.74 Å². The molecule has 1 amide bonds. The van der Waals surface area contributed by atoms with Gasteiger partial charge in [-0.25, -0.2) is 0 Å². The van der Waals surface area contributed by atoms with Gasteiger partial charge in [-0.3, -0.25) is 4.79 Å². The van der Waals surface area contributed by atoms with E-state index in [-0.39, 0.29) is 11.9 Å². The second kappa shape index (κ2) is 5.82. The lowest BCUT2D eigenvalue weighted by Gasteiger charge is -2.25. The van der Waals surface area contributed by atoms with Crippen LogP contribution in [0.2, 0.25) is 0 Å². The summed E-state index contributed by atoms with van der Waals surface area (Å²) in [4.78, 5) is 14.1. The van der Waals surface area contributed by atoms with Crippen molar-refractivity contribution in [2.75, 3.05) is 14.2 Å². The number of methoxy groups -OCH3 is 1. The van der Waals surface area contributed by atoms with Crippen molar-refractivity contribution in [3.63, 3.8) is 0 Å². The normalized spacial score (nSPS) is 12.0. The van der Waals surface area contributed by atoms with Crippen LogP contribution in [0.5, 0.6) is 5.75 Å². The maximum atomic E-state index is 12.4. The molecule has 1 atom stereocenters. The first-order chi connectivity index (χ1) is 9.54. The fraction of sp³-hybridized carbons (Fsp3) is 0.312. The van der Waals surface area contributed by atoms with Gasteiger partial charge in [0, 0.05) is 7.05 Å². The molecule has 0 aliphatic rings. The lowest BCUT2D eigenvalue weighted by atomic mass is 10.1. The summed E-state index contributed by atoms with van der Waals surface area (Å²) in [7, 11) is 3.43. The summed E-state index contributed by atoms with van der Waals surface area (Å²) in [6, 6.07) is 9.41. The minimum absolute atomic E-state index is 0.0253. The van der Waals surface area contributed by atoms with E-state index in [9.17, 15) is 4.79 Å². The zero-order valence-electron chi connectivity index (χ0n) is 12.2. The molecular formula is C16H19NO3. The van der Waals surface area contributed by atoms with E-state index in [1.54, 1.807) is 32.0 Å². The fourth-order valence-electron chi connectivity index (χ4n) is 2.08. The van der Waals surface area contributed by atoms with Gasteiger partial charge in [0.15, 0.2) is 0 Å². The molecule has 0 saturated carbocycles. The van der Waals surface area contributed by atoms with Crippen LogP contribution in [0.4, 0.5) is 0 Å². The number of amides is 1. The Morgan fingerprint density at radius 2 is 1.90 bits per heavy atom. The SMILES string of the molecule is COc1ccc(C(C)N(C)C(=O)c2ccoc2C)cc1. The minimum Gasteiger partial charge on any atom is -0.497 e. The minimum atomic E-state index is -0.0421. The molecule has 1 aromatic carbocycles. The molecule has 1 unspecified atom stereocenters. The van der Waals surface area contributed by atoms with Crippen LogP contribution in [-0.2, 0) is 0 Å². The van der Waals surface area contributed by atoms with Gasteiger partial charge in [-0.1, -0.05) is 12.1 Å². The Bertz CT molecular complexity index is 586. The maximum Gasteiger partial charge on any atom is 0.257 e. The molecule has 0 saturated heterocycles. The Balaban J connectivity index is 2.17. The highest BCUT2D eigenvalue weighted by atomic mass is 16.5. The smallest absolute Gasteiger partial charge is 0.257 e. The van der Waals surface area contributed by atoms with E-state index in [1.165, 1.54) is 6.26 Å². The maximum absolute atomic E-state index is 12.4. The number of rotatable bonds is 4. The highest BCUT2D eigenvalue weighted by Gasteiger charge is 2.21. The lowest BCUT2D eigenvalue weighted by Crippen LogP contribution is -2.29. The van der Waals surface area contributed by atoms with Gasteiger partial charge in [0.2, 0.25) is 0 Å². The van der Waals surface area contributed by atoms with Gasteiger partial charge in [-0.15, -0.1) is 0 Å². The van der Waals surface area contributed by atoms with E-state index in [2.05, 4.69) is 0 Å². The highest BCUT2D eigenvalue weighted by molar-refractivity contribution is 5.95. The lowest BCUT2D eigenvalue weighted by molar-refractivity contribution is 0.0741. The summed E-state index contributed by atoms with van der Waals surface area (Å²) in [5, 5.41) is 0. The molecule has 0 radical (unpaired) electrons. The summed E-state index contributed by atoms with van der Waals surface area (Å²) in [5.74, 6) is 1.41. The van der Waals surface area contributed by atoms with E-state index >= 15 is 0 Å². The van der Waals surface area contributed by atoms with E-state index in [1.807, 2.05) is 31.2 Å². The van der Waals surface area contributed by atoms with Crippen molar-refractivity contribution < 1.29 is 13.9 Å². The number of carbonyl (C=O) groups excluding carboxylic acids is 1. The summed E-state index contributed by atoms with van der Waals surface area (Å²) in [6.45, 7) is 3.79. The monoisotopic (exact) mass is 273 g/mol. The Morgan fingerprint density at radius 3 is 2.40 bits per heavy atom. The molecule has 1 heterocycles. The van der Waals surface area contributed by atoms with Gasteiger partial charge in [0.25, 0.3) is 5.91 Å². The molecule has 2 aromatic rings. The quantitative estimate of drug-likeness (QED) is 0.857. The van der Waals surface area contributed by atoms with Crippen molar-refractivity contribution in [2.24, 2.45) is 0 Å². The van der Waals surface area contributed by atoms with Crippen LogP contribution in [0.15, 0.2) is 41.0 Å². The molecule has 20 heavy (non-hydrogen) atoms. The molecule has 4 heteroatoms. The second-order valence-corrected chi connectivity index (χ2v) is 4.76. The first-order valence-electron chi connectivity index (χ1n) is 6.49. The number of hydrogen-bond donors (Lipinski definition) is 0. The molecule has 0 bridgehead atoms. The third-order valence-electron chi connectivity index (χ3n) is 3.59. The van der Waals surface area contributed by atoms with Crippen LogP contribution in [-0.4, -0.2) is 25.0 Å². The van der Waals surface area contributed by atoms with Crippen molar-refractivity contribution >= 4 is 5.91 Å². The Labute approximate surface area is 119 Å². The number of aryl methyl sites for hydroxylation is 1. The van der Waals surface area contributed by atoms with Crippen LogP contribution in [0.1, 0.15) is 34.6 Å². The molecule has 0 spiro atoms. The predicted octanol–water partition coefficient (Wildman–Crippen LogP) is 3.43. The van der Waals surface area contributed by atoms with Gasteiger partial charge in [0.1, 0.15) is 11.5 Å². The van der Waals surface area contributed by atoms with Crippen LogP contribution in [0.3, 0.4) is 0 Å². The summed E-state index contributed by atoms with van der Waals surface area (Å²) in [5.41, 5.74) is 1.66. The molecular weight excluding hydrogens is 254 g/mol. The molecule has 4 nitrogen and oxygen atoms in total. The summed E-state index contributed by atoms with van der Waals surface area (Å²) in [6.07, 6.45) is 1.54. The van der Waals surface area contributed by atoms with Crippen LogP contribution in [0, 0.1) is 6.92 Å². The third-order valence-corrected chi connectivity index (χ3v) is 3.59. The van der Waals surface area contributed by atoms with Crippen LogP contribution >= 0.6 is 0 Å². The Hall–Kier alpha value is -2.23. The van der Waals surface area contributed by atoms with Crippen molar-refractivity contribution in [1.82, 2.24) is 4.90 Å². The summed E-state index contributed by atoms with van der Waals surface area (Å²) >= 11 is 0. The van der Waals surface area contributed by atoms with Crippen molar-refractivity contribution in [3.8, 4) is 5.75 Å². The number of benzene rings is 1. The third kappa shape index (κ3) is 2.69. The van der Waals surface area contributed by atoms with Gasteiger partial charge in [-0.2, -0.15) is 0 Å². The molecule has 106 valence electrons. The van der Waals surface area contributed by atoms with Crippen molar-refractivity contribution in [2.45, 2.75) is 19.9 Å². The number of nitrogens with zero attached hydrogens (tertiary/aromatic N) is 1. The molecule has 0 N–H and O–H groups in total. The molecule has 1 aromatic heterocycles. The average molecular weight is 273 g/mol. The first kappa shape index (κ1) is 14.2. The fourth-order valence-corrected chi connectivity index (χ4v) is 2.08. The predicted molar refractivity (Wildman–Crippen MR) is 76.9 cm³/mol. The average Bonchev–Trinajstić information content (AvgIpc) is 2.91. The second-order valence-electron chi connectivity index (χ2n) is 4.76. The van der Waals surface area contributed by atoms with Crippen LogP contribution in [0.25, 0.3) is 0 Å². The van der Waals surface area contributed by atoms with E-state index < -0.39 is 0 Å². The molecule has 0 fully saturated rings. The summed E-state index contributed by atoms with van der Waals surface area (Å²) < 4.78 is 10.3. The molecule has 0 aliphatic heterocycles. The number of hydrogen-bond acceptors (Lipinski definition) is 3. The molecule has 0 aliphatic carbocycles. The van der Waals surface area contributed by atoms with Gasteiger partial charge >= 0.3 is 0 Å². The van der Waals surface area contributed by atoms with Gasteiger partial charge in [-0.05, 0) is 37.6 Å². The number of furan rings is 1. The first-order valence-corrected chi connectivity index (χ1v) is 6.49. The highest BCUT2D eigenvalue weighted by Crippen LogP contribution is 2.24.